The van der Waals surface area contributed by atoms with E-state index in [2.05, 4.69) is 10.3 Å². The number of carbonyl (C=O) groups excluding carboxylic acids is 1. The van der Waals surface area contributed by atoms with Gasteiger partial charge in [0.1, 0.15) is 5.52 Å². The molecule has 0 aliphatic carbocycles. The molecular formula is C22H18N2O2. The minimum Gasteiger partial charge on any atom is -0.436 e. The zero-order valence-corrected chi connectivity index (χ0v) is 14.4. The largest absolute Gasteiger partial charge is 0.436 e. The van der Waals surface area contributed by atoms with Gasteiger partial charge in [0.05, 0.1) is 6.42 Å². The molecule has 4 rings (SSSR count). The lowest BCUT2D eigenvalue weighted by Crippen LogP contribution is -2.14. The Balaban J connectivity index is 1.47. The predicted octanol–water partition coefficient (Wildman–Crippen LogP) is 4.98. The monoisotopic (exact) mass is 342 g/mol. The van der Waals surface area contributed by atoms with Crippen LogP contribution in [0.3, 0.4) is 0 Å². The summed E-state index contributed by atoms with van der Waals surface area (Å²) in [5, 5.41) is 2.93. The number of aryl methyl sites for hydroxylation is 1. The topological polar surface area (TPSA) is 55.1 Å². The van der Waals surface area contributed by atoms with Crippen LogP contribution in [0.4, 0.5) is 5.69 Å². The number of nitrogens with zero attached hydrogens (tertiary/aromatic N) is 1. The first-order chi connectivity index (χ1) is 12.7. The van der Waals surface area contributed by atoms with Crippen molar-refractivity contribution in [1.82, 2.24) is 4.98 Å². The third-order valence-corrected chi connectivity index (χ3v) is 4.32. The fourth-order valence-electron chi connectivity index (χ4n) is 2.88. The van der Waals surface area contributed by atoms with E-state index in [-0.39, 0.29) is 5.91 Å². The van der Waals surface area contributed by atoms with Crippen LogP contribution in [0.25, 0.3) is 22.6 Å². The summed E-state index contributed by atoms with van der Waals surface area (Å²) in [5.41, 5.74) is 5.37. The third-order valence-electron chi connectivity index (χ3n) is 4.32. The number of carbonyl (C=O) groups is 1. The summed E-state index contributed by atoms with van der Waals surface area (Å²) in [6.45, 7) is 2.01. The molecule has 26 heavy (non-hydrogen) atoms. The first kappa shape index (κ1) is 16.1. The van der Waals surface area contributed by atoms with Crippen LogP contribution in [-0.4, -0.2) is 10.9 Å². The molecule has 0 aliphatic heterocycles. The predicted molar refractivity (Wildman–Crippen MR) is 103 cm³/mol. The van der Waals surface area contributed by atoms with Crippen LogP contribution in [0.15, 0.2) is 77.2 Å². The molecule has 0 unspecified atom stereocenters. The summed E-state index contributed by atoms with van der Waals surface area (Å²) in [6.07, 6.45) is 0.361. The number of rotatable bonds is 4. The number of para-hydroxylation sites is 2. The SMILES string of the molecule is Cc1ccccc1CC(=O)Nc1ccc(-c2nc3ccccc3o2)cc1. The number of hydrogen-bond acceptors (Lipinski definition) is 3. The van der Waals surface area contributed by atoms with E-state index in [0.29, 0.717) is 12.3 Å². The second kappa shape index (κ2) is 6.84. The standard InChI is InChI=1S/C22H18N2O2/c1-15-6-2-3-7-17(15)14-21(25)23-18-12-10-16(11-13-18)22-24-19-8-4-5-9-20(19)26-22/h2-13H,14H2,1H3,(H,23,25). The molecule has 0 bridgehead atoms. The number of oxazole rings is 1. The average Bonchev–Trinajstić information content (AvgIpc) is 3.08. The molecule has 1 amide bonds. The molecule has 0 radical (unpaired) electrons. The molecule has 0 saturated carbocycles. The Hall–Kier alpha value is -3.40. The van der Waals surface area contributed by atoms with Gasteiger partial charge in [0.2, 0.25) is 11.8 Å². The van der Waals surface area contributed by atoms with Gasteiger partial charge in [0.25, 0.3) is 0 Å². The normalized spacial score (nSPS) is 10.8. The molecule has 0 aliphatic rings. The summed E-state index contributed by atoms with van der Waals surface area (Å²) in [5.74, 6) is 0.540. The molecule has 1 N–H and O–H groups in total. The third kappa shape index (κ3) is 3.35. The summed E-state index contributed by atoms with van der Waals surface area (Å²) < 4.78 is 5.77. The van der Waals surface area contributed by atoms with E-state index in [9.17, 15) is 4.79 Å². The highest BCUT2D eigenvalue weighted by molar-refractivity contribution is 5.92. The highest BCUT2D eigenvalue weighted by Crippen LogP contribution is 2.25. The molecule has 1 heterocycles. The fourth-order valence-corrected chi connectivity index (χ4v) is 2.88. The quantitative estimate of drug-likeness (QED) is 0.569. The molecule has 4 nitrogen and oxygen atoms in total. The molecule has 0 fully saturated rings. The number of benzene rings is 3. The minimum atomic E-state index is -0.0334. The van der Waals surface area contributed by atoms with Gasteiger partial charge in [-0.25, -0.2) is 4.98 Å². The van der Waals surface area contributed by atoms with E-state index < -0.39 is 0 Å². The highest BCUT2D eigenvalue weighted by Gasteiger charge is 2.09. The maximum absolute atomic E-state index is 12.3. The summed E-state index contributed by atoms with van der Waals surface area (Å²) in [6, 6.07) is 23.1. The van der Waals surface area contributed by atoms with Crippen LogP contribution in [-0.2, 0) is 11.2 Å². The molecule has 128 valence electrons. The number of fused-ring (bicyclic) bond motifs is 1. The van der Waals surface area contributed by atoms with Crippen molar-refractivity contribution >= 4 is 22.7 Å². The molecule has 0 saturated heterocycles. The zero-order chi connectivity index (χ0) is 17.9. The summed E-state index contributed by atoms with van der Waals surface area (Å²) in [7, 11) is 0. The van der Waals surface area contributed by atoms with Crippen molar-refractivity contribution in [3.63, 3.8) is 0 Å². The van der Waals surface area contributed by atoms with Gasteiger partial charge in [-0.05, 0) is 54.4 Å². The minimum absolute atomic E-state index is 0.0334. The van der Waals surface area contributed by atoms with Crippen molar-refractivity contribution in [2.24, 2.45) is 0 Å². The lowest BCUT2D eigenvalue weighted by atomic mass is 10.1. The van der Waals surface area contributed by atoms with Gasteiger partial charge >= 0.3 is 0 Å². The number of nitrogens with one attached hydrogen (secondary N) is 1. The summed E-state index contributed by atoms with van der Waals surface area (Å²) >= 11 is 0. The first-order valence-electron chi connectivity index (χ1n) is 8.49. The highest BCUT2D eigenvalue weighted by atomic mass is 16.3. The van der Waals surface area contributed by atoms with Crippen molar-refractivity contribution in [1.29, 1.82) is 0 Å². The number of aromatic nitrogens is 1. The van der Waals surface area contributed by atoms with E-state index in [0.717, 1.165) is 33.5 Å². The Kier molecular flexibility index (Phi) is 4.23. The number of amides is 1. The second-order valence-electron chi connectivity index (χ2n) is 6.22. The van der Waals surface area contributed by atoms with Gasteiger partial charge < -0.3 is 9.73 Å². The zero-order valence-electron chi connectivity index (χ0n) is 14.4. The summed E-state index contributed by atoms with van der Waals surface area (Å²) in [4.78, 5) is 16.7. The van der Waals surface area contributed by atoms with Crippen LogP contribution in [0.1, 0.15) is 11.1 Å². The second-order valence-corrected chi connectivity index (χ2v) is 6.22. The molecule has 0 atom stereocenters. The van der Waals surface area contributed by atoms with Crippen molar-refractivity contribution in [3.8, 4) is 11.5 Å². The van der Waals surface area contributed by atoms with E-state index in [1.807, 2.05) is 79.7 Å². The van der Waals surface area contributed by atoms with Crippen LogP contribution < -0.4 is 5.32 Å². The maximum atomic E-state index is 12.3. The van der Waals surface area contributed by atoms with E-state index in [1.54, 1.807) is 0 Å². The molecule has 4 aromatic rings. The first-order valence-corrected chi connectivity index (χ1v) is 8.49. The number of anilines is 1. The molecule has 1 aromatic heterocycles. The van der Waals surface area contributed by atoms with Crippen LogP contribution >= 0.6 is 0 Å². The van der Waals surface area contributed by atoms with Gasteiger partial charge in [-0.3, -0.25) is 4.79 Å². The Morgan fingerprint density at radius 3 is 2.46 bits per heavy atom. The van der Waals surface area contributed by atoms with Gasteiger partial charge in [0, 0.05) is 11.3 Å². The fraction of sp³-hybridized carbons (Fsp3) is 0.0909. The Bertz CT molecular complexity index is 1030. The van der Waals surface area contributed by atoms with Crippen molar-refractivity contribution in [3.05, 3.63) is 83.9 Å². The molecule has 4 heteroatoms. The van der Waals surface area contributed by atoms with Crippen molar-refractivity contribution < 1.29 is 9.21 Å². The van der Waals surface area contributed by atoms with E-state index in [1.165, 1.54) is 0 Å². The lowest BCUT2D eigenvalue weighted by Gasteiger charge is -2.07. The molecule has 3 aromatic carbocycles. The smallest absolute Gasteiger partial charge is 0.228 e. The van der Waals surface area contributed by atoms with Gasteiger partial charge in [0.15, 0.2) is 5.58 Å². The van der Waals surface area contributed by atoms with Gasteiger partial charge in [-0.15, -0.1) is 0 Å². The lowest BCUT2D eigenvalue weighted by molar-refractivity contribution is -0.115. The number of hydrogen-bond donors (Lipinski definition) is 1. The van der Waals surface area contributed by atoms with E-state index in [4.69, 9.17) is 4.42 Å². The van der Waals surface area contributed by atoms with Gasteiger partial charge in [-0.2, -0.15) is 0 Å². The van der Waals surface area contributed by atoms with Crippen LogP contribution in [0.5, 0.6) is 0 Å². The average molecular weight is 342 g/mol. The Labute approximate surface area is 151 Å². The van der Waals surface area contributed by atoms with Gasteiger partial charge in [-0.1, -0.05) is 36.4 Å². The molecular weight excluding hydrogens is 324 g/mol. The Morgan fingerprint density at radius 2 is 1.69 bits per heavy atom. The Morgan fingerprint density at radius 1 is 0.962 bits per heavy atom. The molecule has 0 spiro atoms. The van der Waals surface area contributed by atoms with Crippen molar-refractivity contribution in [2.45, 2.75) is 13.3 Å². The van der Waals surface area contributed by atoms with Crippen LogP contribution in [0.2, 0.25) is 0 Å². The maximum Gasteiger partial charge on any atom is 0.228 e. The van der Waals surface area contributed by atoms with Crippen LogP contribution in [0, 0.1) is 6.92 Å². The van der Waals surface area contributed by atoms with Crippen molar-refractivity contribution in [2.75, 3.05) is 5.32 Å². The van der Waals surface area contributed by atoms with E-state index >= 15 is 0 Å².